The van der Waals surface area contributed by atoms with Gasteiger partial charge in [0.05, 0.1) is 5.69 Å². The first-order valence-electron chi connectivity index (χ1n) is 5.55. The van der Waals surface area contributed by atoms with Crippen molar-refractivity contribution in [1.29, 1.82) is 0 Å². The van der Waals surface area contributed by atoms with Gasteiger partial charge in [0.25, 0.3) is 0 Å². The average Bonchev–Trinajstić information content (AvgIpc) is 2.68. The van der Waals surface area contributed by atoms with Crippen molar-refractivity contribution < 1.29 is 4.42 Å². The van der Waals surface area contributed by atoms with Crippen LogP contribution in [0, 0.1) is 0 Å². The monoisotopic (exact) mass is 194 g/mol. The summed E-state index contributed by atoms with van der Waals surface area (Å²) in [6.45, 7) is 4.35. The summed E-state index contributed by atoms with van der Waals surface area (Å²) in [7, 11) is 0. The summed E-state index contributed by atoms with van der Waals surface area (Å²) in [5, 5.41) is 3.35. The van der Waals surface area contributed by atoms with Crippen molar-refractivity contribution in [3.8, 4) is 0 Å². The smallest absolute Gasteiger partial charge is 0.197 e. The topological polar surface area (TPSA) is 38.1 Å². The minimum absolute atomic E-state index is 0.543. The Morgan fingerprint density at radius 1 is 1.50 bits per heavy atom. The first-order chi connectivity index (χ1) is 6.90. The predicted molar refractivity (Wildman–Crippen MR) is 55.3 cm³/mol. The highest BCUT2D eigenvalue weighted by molar-refractivity contribution is 5.02. The van der Waals surface area contributed by atoms with E-state index in [2.05, 4.69) is 17.2 Å². The quantitative estimate of drug-likeness (QED) is 0.800. The number of hydrogen-bond donors (Lipinski definition) is 1. The number of piperidine rings is 1. The van der Waals surface area contributed by atoms with Crippen LogP contribution in [0.5, 0.6) is 0 Å². The van der Waals surface area contributed by atoms with E-state index in [1.807, 2.05) is 6.26 Å². The van der Waals surface area contributed by atoms with Gasteiger partial charge in [0.1, 0.15) is 6.26 Å². The normalized spacial score (nSPS) is 18.6. The second-order valence-electron chi connectivity index (χ2n) is 3.95. The summed E-state index contributed by atoms with van der Waals surface area (Å²) in [4.78, 5) is 4.53. The van der Waals surface area contributed by atoms with Crippen molar-refractivity contribution in [3.05, 3.63) is 17.8 Å². The van der Waals surface area contributed by atoms with Gasteiger partial charge in [-0.15, -0.1) is 0 Å². The minimum atomic E-state index is 0.543. The van der Waals surface area contributed by atoms with E-state index in [1.54, 1.807) is 0 Å². The molecule has 1 saturated heterocycles. The fourth-order valence-corrected chi connectivity index (χ4v) is 1.95. The summed E-state index contributed by atoms with van der Waals surface area (Å²) in [6.07, 6.45) is 6.31. The standard InChI is InChI=1S/C11H18N2O/c1-2-3-10-8-14-11(13-10)9-4-6-12-7-5-9/h8-9,12H,2-7H2,1H3. The molecule has 2 heterocycles. The van der Waals surface area contributed by atoms with Crippen LogP contribution in [0.1, 0.15) is 43.7 Å². The van der Waals surface area contributed by atoms with Crippen LogP contribution in [-0.4, -0.2) is 18.1 Å². The largest absolute Gasteiger partial charge is 0.448 e. The molecule has 0 unspecified atom stereocenters. The Labute approximate surface area is 84.9 Å². The molecule has 14 heavy (non-hydrogen) atoms. The Bertz CT molecular complexity index is 277. The van der Waals surface area contributed by atoms with Crippen molar-refractivity contribution in [3.63, 3.8) is 0 Å². The molecule has 0 saturated carbocycles. The van der Waals surface area contributed by atoms with Crippen LogP contribution in [-0.2, 0) is 6.42 Å². The van der Waals surface area contributed by atoms with Gasteiger partial charge in [0, 0.05) is 5.92 Å². The molecule has 1 aromatic rings. The van der Waals surface area contributed by atoms with E-state index in [9.17, 15) is 0 Å². The lowest BCUT2D eigenvalue weighted by Crippen LogP contribution is -2.26. The lowest BCUT2D eigenvalue weighted by molar-refractivity contribution is 0.374. The molecular weight excluding hydrogens is 176 g/mol. The second kappa shape index (κ2) is 4.60. The molecule has 0 amide bonds. The van der Waals surface area contributed by atoms with Gasteiger partial charge >= 0.3 is 0 Å². The van der Waals surface area contributed by atoms with Crippen LogP contribution in [0.3, 0.4) is 0 Å². The van der Waals surface area contributed by atoms with Gasteiger partial charge in [-0.2, -0.15) is 0 Å². The Kier molecular flexibility index (Phi) is 3.19. The number of rotatable bonds is 3. The Morgan fingerprint density at radius 3 is 3.00 bits per heavy atom. The van der Waals surface area contributed by atoms with Crippen LogP contribution in [0.25, 0.3) is 0 Å². The number of nitrogens with one attached hydrogen (secondary N) is 1. The van der Waals surface area contributed by atoms with E-state index in [-0.39, 0.29) is 0 Å². The molecule has 3 nitrogen and oxygen atoms in total. The van der Waals surface area contributed by atoms with E-state index < -0.39 is 0 Å². The van der Waals surface area contributed by atoms with Gasteiger partial charge < -0.3 is 9.73 Å². The van der Waals surface area contributed by atoms with Crippen LogP contribution in [0.15, 0.2) is 10.7 Å². The second-order valence-corrected chi connectivity index (χ2v) is 3.95. The molecule has 78 valence electrons. The minimum Gasteiger partial charge on any atom is -0.448 e. The van der Waals surface area contributed by atoms with Crippen LogP contribution >= 0.6 is 0 Å². The van der Waals surface area contributed by atoms with Crippen LogP contribution in [0.4, 0.5) is 0 Å². The predicted octanol–water partition coefficient (Wildman–Crippen LogP) is 2.09. The number of nitrogens with zero attached hydrogens (tertiary/aromatic N) is 1. The Hall–Kier alpha value is -0.830. The third kappa shape index (κ3) is 2.15. The summed E-state index contributed by atoms with van der Waals surface area (Å²) in [5.74, 6) is 1.50. The third-order valence-electron chi connectivity index (χ3n) is 2.76. The number of oxazole rings is 1. The highest BCUT2D eigenvalue weighted by Gasteiger charge is 2.19. The van der Waals surface area contributed by atoms with Crippen molar-refractivity contribution >= 4 is 0 Å². The maximum Gasteiger partial charge on any atom is 0.197 e. The van der Waals surface area contributed by atoms with E-state index in [0.717, 1.165) is 50.4 Å². The Morgan fingerprint density at radius 2 is 2.29 bits per heavy atom. The zero-order chi connectivity index (χ0) is 9.80. The summed E-state index contributed by atoms with van der Waals surface area (Å²) in [6, 6.07) is 0. The molecule has 3 heteroatoms. The van der Waals surface area contributed by atoms with Gasteiger partial charge in [-0.3, -0.25) is 0 Å². The van der Waals surface area contributed by atoms with Crippen molar-refractivity contribution in [2.45, 2.75) is 38.5 Å². The lowest BCUT2D eigenvalue weighted by Gasteiger charge is -2.19. The molecular formula is C11H18N2O. The average molecular weight is 194 g/mol. The molecule has 2 rings (SSSR count). The maximum atomic E-state index is 5.52. The van der Waals surface area contributed by atoms with Crippen LogP contribution < -0.4 is 5.32 Å². The summed E-state index contributed by atoms with van der Waals surface area (Å²) in [5.41, 5.74) is 1.11. The van der Waals surface area contributed by atoms with E-state index in [4.69, 9.17) is 4.42 Å². The zero-order valence-electron chi connectivity index (χ0n) is 8.75. The van der Waals surface area contributed by atoms with Crippen molar-refractivity contribution in [2.75, 3.05) is 13.1 Å². The van der Waals surface area contributed by atoms with Crippen molar-refractivity contribution in [2.24, 2.45) is 0 Å². The van der Waals surface area contributed by atoms with Gasteiger partial charge in [0.2, 0.25) is 0 Å². The van der Waals surface area contributed by atoms with Gasteiger partial charge in [0.15, 0.2) is 5.89 Å². The van der Waals surface area contributed by atoms with E-state index in [1.165, 1.54) is 0 Å². The molecule has 1 fully saturated rings. The van der Waals surface area contributed by atoms with Crippen LogP contribution in [0.2, 0.25) is 0 Å². The molecule has 0 aromatic carbocycles. The molecule has 0 radical (unpaired) electrons. The first-order valence-corrected chi connectivity index (χ1v) is 5.55. The van der Waals surface area contributed by atoms with E-state index in [0.29, 0.717) is 5.92 Å². The molecule has 0 spiro atoms. The first kappa shape index (κ1) is 9.71. The number of hydrogen-bond acceptors (Lipinski definition) is 3. The molecule has 0 aliphatic carbocycles. The molecule has 1 aromatic heterocycles. The number of aromatic nitrogens is 1. The zero-order valence-corrected chi connectivity index (χ0v) is 8.75. The molecule has 1 aliphatic heterocycles. The molecule has 1 aliphatic rings. The van der Waals surface area contributed by atoms with Gasteiger partial charge in [-0.1, -0.05) is 13.3 Å². The maximum absolute atomic E-state index is 5.52. The Balaban J connectivity index is 2.00. The highest BCUT2D eigenvalue weighted by atomic mass is 16.3. The molecule has 0 bridgehead atoms. The van der Waals surface area contributed by atoms with Gasteiger partial charge in [-0.05, 0) is 32.4 Å². The highest BCUT2D eigenvalue weighted by Crippen LogP contribution is 2.24. The summed E-state index contributed by atoms with van der Waals surface area (Å²) >= 11 is 0. The lowest BCUT2D eigenvalue weighted by atomic mass is 9.98. The number of aryl methyl sites for hydroxylation is 1. The van der Waals surface area contributed by atoms with E-state index >= 15 is 0 Å². The molecule has 1 N–H and O–H groups in total. The fraction of sp³-hybridized carbons (Fsp3) is 0.727. The van der Waals surface area contributed by atoms with Crippen molar-refractivity contribution in [1.82, 2.24) is 10.3 Å². The summed E-state index contributed by atoms with van der Waals surface area (Å²) < 4.78 is 5.52. The third-order valence-corrected chi connectivity index (χ3v) is 2.76. The SMILES string of the molecule is CCCc1coc(C2CCNCC2)n1. The fourth-order valence-electron chi connectivity index (χ4n) is 1.95. The van der Waals surface area contributed by atoms with Gasteiger partial charge in [-0.25, -0.2) is 4.98 Å². The molecule has 0 atom stereocenters.